The van der Waals surface area contributed by atoms with Crippen molar-refractivity contribution in [2.45, 2.75) is 43.7 Å². The molecule has 1 spiro atoms. The maximum atomic E-state index is 11.3. The van der Waals surface area contributed by atoms with Gasteiger partial charge in [0.05, 0.1) is 5.60 Å². The highest BCUT2D eigenvalue weighted by Gasteiger charge is 2.42. The lowest BCUT2D eigenvalue weighted by Gasteiger charge is -2.43. The van der Waals surface area contributed by atoms with Crippen molar-refractivity contribution < 1.29 is 9.53 Å². The number of ether oxygens (including phenoxy) is 1. The summed E-state index contributed by atoms with van der Waals surface area (Å²) in [6.07, 6.45) is 5.09. The van der Waals surface area contributed by atoms with Gasteiger partial charge in [-0.15, -0.1) is 0 Å². The van der Waals surface area contributed by atoms with Crippen LogP contribution in [-0.4, -0.2) is 53.5 Å². The Bertz CT molecular complexity index is 292. The van der Waals surface area contributed by atoms with Crippen LogP contribution in [-0.2, 0) is 9.53 Å². The third kappa shape index (κ3) is 2.54. The van der Waals surface area contributed by atoms with Crippen LogP contribution >= 0.6 is 11.8 Å². The van der Waals surface area contributed by atoms with E-state index in [0.717, 1.165) is 39.0 Å². The summed E-state index contributed by atoms with van der Waals surface area (Å²) in [5.74, 6) is 2.88. The predicted molar refractivity (Wildman–Crippen MR) is 69.5 cm³/mol. The van der Waals surface area contributed by atoms with Gasteiger partial charge < -0.3 is 4.74 Å². The van der Waals surface area contributed by atoms with E-state index < -0.39 is 0 Å². The Labute approximate surface area is 107 Å². The molecule has 0 bridgehead atoms. The van der Waals surface area contributed by atoms with E-state index in [-0.39, 0.29) is 5.60 Å². The number of nitrogens with zero attached hydrogens (tertiary/aromatic N) is 1. The molecule has 17 heavy (non-hydrogen) atoms. The first-order valence-electron chi connectivity index (χ1n) is 6.75. The highest BCUT2D eigenvalue weighted by molar-refractivity contribution is 7.99. The van der Waals surface area contributed by atoms with E-state index in [0.29, 0.717) is 11.8 Å². The Morgan fingerprint density at radius 3 is 2.88 bits per heavy atom. The van der Waals surface area contributed by atoms with Crippen molar-refractivity contribution in [2.24, 2.45) is 0 Å². The van der Waals surface area contributed by atoms with Gasteiger partial charge in [-0.05, 0) is 25.0 Å². The maximum Gasteiger partial charge on any atom is 0.135 e. The number of piperidine rings is 1. The van der Waals surface area contributed by atoms with Crippen LogP contribution in [0.3, 0.4) is 0 Å². The van der Waals surface area contributed by atoms with Crippen LogP contribution in [0.25, 0.3) is 0 Å². The summed E-state index contributed by atoms with van der Waals surface area (Å²) in [6.45, 7) is 2.87. The second-order valence-electron chi connectivity index (χ2n) is 5.56. The molecule has 0 N–H and O–H groups in total. The topological polar surface area (TPSA) is 29.5 Å². The average Bonchev–Trinajstić information content (AvgIpc) is 2.78. The molecule has 0 aliphatic carbocycles. The molecule has 0 radical (unpaired) electrons. The number of hydrogen-bond donors (Lipinski definition) is 0. The van der Waals surface area contributed by atoms with E-state index >= 15 is 0 Å². The summed E-state index contributed by atoms with van der Waals surface area (Å²) < 4.78 is 6.05. The van der Waals surface area contributed by atoms with E-state index in [9.17, 15) is 4.79 Å². The van der Waals surface area contributed by atoms with Gasteiger partial charge in [-0.3, -0.25) is 9.69 Å². The minimum Gasteiger partial charge on any atom is -0.374 e. The monoisotopic (exact) mass is 255 g/mol. The Hall–Kier alpha value is -0.0600. The molecule has 3 fully saturated rings. The molecule has 3 rings (SSSR count). The lowest BCUT2D eigenvalue weighted by molar-refractivity contribution is -0.124. The Morgan fingerprint density at radius 2 is 2.18 bits per heavy atom. The van der Waals surface area contributed by atoms with Crippen LogP contribution in [0.1, 0.15) is 32.1 Å². The number of Topliss-reactive ketones (excluding diaryl/α,β-unsaturated/α-hetero) is 1. The van der Waals surface area contributed by atoms with Gasteiger partial charge in [-0.1, -0.05) is 0 Å². The third-order valence-electron chi connectivity index (χ3n) is 4.41. The largest absolute Gasteiger partial charge is 0.374 e. The van der Waals surface area contributed by atoms with Gasteiger partial charge in [-0.25, -0.2) is 0 Å². The number of carbonyl (C=O) groups excluding carboxylic acids is 1. The van der Waals surface area contributed by atoms with E-state index in [1.165, 1.54) is 24.3 Å². The molecule has 3 heterocycles. The summed E-state index contributed by atoms with van der Waals surface area (Å²) in [5.41, 5.74) is 0.176. The molecule has 0 aromatic carbocycles. The van der Waals surface area contributed by atoms with Crippen LogP contribution in [0, 0.1) is 0 Å². The van der Waals surface area contributed by atoms with Crippen molar-refractivity contribution in [2.75, 3.05) is 31.2 Å². The van der Waals surface area contributed by atoms with Crippen LogP contribution in [0.15, 0.2) is 0 Å². The molecule has 3 nitrogen and oxygen atoms in total. The first-order valence-corrected chi connectivity index (χ1v) is 7.90. The van der Waals surface area contributed by atoms with E-state index in [1.54, 1.807) is 0 Å². The fourth-order valence-electron chi connectivity index (χ4n) is 3.32. The smallest absolute Gasteiger partial charge is 0.135 e. The fourth-order valence-corrected chi connectivity index (χ4v) is 4.69. The lowest BCUT2D eigenvalue weighted by Crippen LogP contribution is -2.51. The second-order valence-corrected chi connectivity index (χ2v) is 6.66. The molecular formula is C13H21NO2S. The molecule has 0 aromatic rings. The van der Waals surface area contributed by atoms with Gasteiger partial charge in [0, 0.05) is 44.3 Å². The van der Waals surface area contributed by atoms with Gasteiger partial charge in [0.15, 0.2) is 0 Å². The average molecular weight is 255 g/mol. The molecule has 2 unspecified atom stereocenters. The molecule has 96 valence electrons. The van der Waals surface area contributed by atoms with Gasteiger partial charge in [0.1, 0.15) is 5.78 Å². The number of ketones is 1. The SMILES string of the molecule is O=C1CCN(C2CCOC3(CCSC3)C2)CC1. The third-order valence-corrected chi connectivity index (χ3v) is 5.63. The number of rotatable bonds is 1. The molecule has 4 heteroatoms. The maximum absolute atomic E-state index is 11.3. The van der Waals surface area contributed by atoms with Gasteiger partial charge in [0.25, 0.3) is 0 Å². The van der Waals surface area contributed by atoms with Crippen molar-refractivity contribution in [3.05, 3.63) is 0 Å². The normalized spacial score (nSPS) is 40.0. The van der Waals surface area contributed by atoms with Crippen molar-refractivity contribution in [1.82, 2.24) is 4.90 Å². The number of thioether (sulfide) groups is 1. The van der Waals surface area contributed by atoms with Crippen molar-refractivity contribution >= 4 is 17.5 Å². The van der Waals surface area contributed by atoms with Gasteiger partial charge in [-0.2, -0.15) is 11.8 Å². The zero-order valence-electron chi connectivity index (χ0n) is 10.3. The summed E-state index contributed by atoms with van der Waals surface area (Å²) in [7, 11) is 0. The molecule has 0 saturated carbocycles. The zero-order chi connectivity index (χ0) is 11.7. The van der Waals surface area contributed by atoms with Crippen LogP contribution in [0.4, 0.5) is 0 Å². The Balaban J connectivity index is 1.61. The molecule has 3 saturated heterocycles. The zero-order valence-corrected chi connectivity index (χ0v) is 11.1. The van der Waals surface area contributed by atoms with Crippen LogP contribution < -0.4 is 0 Å². The predicted octanol–water partition coefficient (Wildman–Crippen LogP) is 1.71. The van der Waals surface area contributed by atoms with Gasteiger partial charge in [0.2, 0.25) is 0 Å². The second kappa shape index (κ2) is 4.90. The summed E-state index contributed by atoms with van der Waals surface area (Å²) in [4.78, 5) is 13.8. The standard InChI is InChI=1S/C13H21NO2S/c15-12-1-5-14(6-2-12)11-3-7-16-13(9-11)4-8-17-10-13/h11H,1-10H2. The first kappa shape index (κ1) is 12.0. The summed E-state index contributed by atoms with van der Waals surface area (Å²) in [5, 5.41) is 0. The lowest BCUT2D eigenvalue weighted by atomic mass is 9.88. The molecule has 2 atom stereocenters. The quantitative estimate of drug-likeness (QED) is 0.713. The summed E-state index contributed by atoms with van der Waals surface area (Å²) >= 11 is 2.03. The number of hydrogen-bond acceptors (Lipinski definition) is 4. The molecule has 0 aromatic heterocycles. The minimum absolute atomic E-state index is 0.176. The van der Waals surface area contributed by atoms with Crippen molar-refractivity contribution in [3.8, 4) is 0 Å². The minimum atomic E-state index is 0.176. The molecular weight excluding hydrogens is 234 g/mol. The van der Waals surface area contributed by atoms with Crippen molar-refractivity contribution in [1.29, 1.82) is 0 Å². The van der Waals surface area contributed by atoms with Crippen molar-refractivity contribution in [3.63, 3.8) is 0 Å². The highest BCUT2D eigenvalue weighted by atomic mass is 32.2. The molecule has 3 aliphatic heterocycles. The molecule has 3 aliphatic rings. The van der Waals surface area contributed by atoms with Crippen LogP contribution in [0.2, 0.25) is 0 Å². The fraction of sp³-hybridized carbons (Fsp3) is 0.923. The van der Waals surface area contributed by atoms with Gasteiger partial charge >= 0.3 is 0 Å². The first-order chi connectivity index (χ1) is 8.27. The Kier molecular flexibility index (Phi) is 3.46. The number of likely N-dealkylation sites (tertiary alicyclic amines) is 1. The summed E-state index contributed by atoms with van der Waals surface area (Å²) in [6, 6.07) is 0.663. The molecule has 0 amide bonds. The van der Waals surface area contributed by atoms with E-state index in [4.69, 9.17) is 4.74 Å². The van der Waals surface area contributed by atoms with Crippen LogP contribution in [0.5, 0.6) is 0 Å². The Morgan fingerprint density at radius 1 is 1.35 bits per heavy atom. The number of carbonyl (C=O) groups is 1. The van der Waals surface area contributed by atoms with E-state index in [2.05, 4.69) is 4.90 Å². The van der Waals surface area contributed by atoms with E-state index in [1.807, 2.05) is 11.8 Å². The highest BCUT2D eigenvalue weighted by Crippen LogP contribution is 2.39.